The molecule has 0 spiro atoms. The number of hydrogen-bond donors (Lipinski definition) is 8. The second-order valence-corrected chi connectivity index (χ2v) is 15.1. The van der Waals surface area contributed by atoms with Crippen LogP contribution >= 0.6 is 0 Å². The van der Waals surface area contributed by atoms with Crippen molar-refractivity contribution >= 4 is 43.9 Å². The van der Waals surface area contributed by atoms with Crippen LogP contribution in [0.5, 0.6) is 0 Å². The largest absolute Gasteiger partial charge is 0.481 e. The number of aliphatic hydroxyl groups excluding tert-OH is 2. The number of aliphatic hydroxyl groups is 2. The van der Waals surface area contributed by atoms with E-state index >= 15 is 0 Å². The molecule has 0 bridgehead atoms. The molecule has 0 aliphatic carbocycles. The van der Waals surface area contributed by atoms with Gasteiger partial charge in [-0.05, 0) is 56.8 Å². The van der Waals surface area contributed by atoms with E-state index in [1.165, 1.54) is 0 Å². The van der Waals surface area contributed by atoms with Gasteiger partial charge in [0.05, 0.1) is 30.7 Å². The fraction of sp³-hybridized carbons (Fsp3) is 0.838. The van der Waals surface area contributed by atoms with E-state index in [1.807, 2.05) is 62.3 Å². The van der Waals surface area contributed by atoms with E-state index in [4.69, 9.17) is 5.11 Å². The molecule has 0 aromatic carbocycles. The van der Waals surface area contributed by atoms with Crippen LogP contribution in [0.2, 0.25) is 0 Å². The van der Waals surface area contributed by atoms with Gasteiger partial charge in [-0.2, -0.15) is 0 Å². The van der Waals surface area contributed by atoms with Gasteiger partial charge in [-0.15, -0.1) is 0 Å². The highest BCUT2D eigenvalue weighted by Crippen LogP contribution is 2.13. The van der Waals surface area contributed by atoms with Crippen molar-refractivity contribution in [3.8, 4) is 0 Å². The predicted molar refractivity (Wildman–Crippen MR) is 204 cm³/mol. The lowest BCUT2D eigenvalue weighted by Gasteiger charge is -2.28. The van der Waals surface area contributed by atoms with Gasteiger partial charge in [0.2, 0.25) is 29.5 Å². The average Bonchev–Trinajstić information content (AvgIpc) is 2.99. The number of hydrogen-bond acceptors (Lipinski definition) is 8. The molecule has 0 aromatic heterocycles. The molecule has 15 heteroatoms. The van der Waals surface area contributed by atoms with Crippen LogP contribution in [0.15, 0.2) is 0 Å². The number of carbonyl (C=O) groups is 6. The second kappa shape index (κ2) is 28.3. The molecule has 0 aliphatic heterocycles. The van der Waals surface area contributed by atoms with Crippen LogP contribution in [0.1, 0.15) is 134 Å². The molecule has 8 N–H and O–H groups in total. The van der Waals surface area contributed by atoms with Gasteiger partial charge in [-0.25, -0.2) is 0 Å². The number of aliphatic carboxylic acids is 1. The Hall–Kier alpha value is -3.20. The molecule has 0 saturated heterocycles. The Kier molecular flexibility index (Phi) is 29.0. The van der Waals surface area contributed by atoms with Crippen LogP contribution < -0.4 is 26.6 Å². The van der Waals surface area contributed by atoms with Crippen molar-refractivity contribution in [3.05, 3.63) is 0 Å². The van der Waals surface area contributed by atoms with Crippen molar-refractivity contribution < 1.29 is 44.1 Å². The third-order valence-corrected chi connectivity index (χ3v) is 7.97. The number of unbranched alkanes of at least 4 members (excludes halogenated alkanes) is 1. The third-order valence-electron chi connectivity index (χ3n) is 7.97. The molecule has 3 radical (unpaired) electrons. The number of rotatable bonds is 23. The molecular weight excluding hydrogens is 669 g/mol. The lowest BCUT2D eigenvalue weighted by Crippen LogP contribution is -2.57. The molecule has 7 atom stereocenters. The Bertz CT molecular complexity index is 1070. The summed E-state index contributed by atoms with van der Waals surface area (Å²) < 4.78 is 0. The number of carboxylic acids is 1. The molecular formula is C37H71BN5O9. The fourth-order valence-corrected chi connectivity index (χ4v) is 5.10. The summed E-state index contributed by atoms with van der Waals surface area (Å²) in [4.78, 5) is 72.0. The molecule has 14 nitrogen and oxygen atoms in total. The van der Waals surface area contributed by atoms with Crippen LogP contribution in [0.3, 0.4) is 0 Å². The molecule has 52 heavy (non-hydrogen) atoms. The summed E-state index contributed by atoms with van der Waals surface area (Å²) in [5, 5.41) is 42.4. The monoisotopic (exact) mass is 741 g/mol. The standard InChI is InChI=1S/C23H45N3O4.C14H26N2O5.B/c1-9-10-11-18(22(29)25-19(17(8)27)12-14(2)3)24-23(30)21(16(6)7)26-20(28)13-15(4)5;1-5-12(18)15-9(4)14(21)16-10(6-8(2)3)11(17)7-13(19)20;/h14-19,21,27H,9-13H2,1-8H3,(H,24,30)(H,25,29)(H,26,28);8-11,17H,5-7H2,1-4H3,(H,15,18)(H,16,21)(H,19,20);/t17-,18-,19-,21-;9-,10-,11-;/m00./s1. The molecule has 0 rings (SSSR count). The molecule has 0 aromatic rings. The minimum absolute atomic E-state index is 0. The van der Waals surface area contributed by atoms with Gasteiger partial charge >= 0.3 is 5.97 Å². The van der Waals surface area contributed by atoms with Gasteiger partial charge in [-0.1, -0.05) is 82.1 Å². The minimum atomic E-state index is -1.16. The third kappa shape index (κ3) is 24.9. The maximum absolute atomic E-state index is 12.9. The van der Waals surface area contributed by atoms with Crippen LogP contribution in [0.25, 0.3) is 0 Å². The number of carbonyl (C=O) groups excluding carboxylic acids is 5. The molecule has 0 aliphatic rings. The van der Waals surface area contributed by atoms with E-state index in [2.05, 4.69) is 26.6 Å². The second-order valence-electron chi connectivity index (χ2n) is 15.1. The van der Waals surface area contributed by atoms with Gasteiger partial charge in [0.1, 0.15) is 18.1 Å². The van der Waals surface area contributed by atoms with E-state index < -0.39 is 54.7 Å². The summed E-state index contributed by atoms with van der Waals surface area (Å²) in [6.45, 7) is 22.4. The lowest BCUT2D eigenvalue weighted by molar-refractivity contribution is -0.140. The smallest absolute Gasteiger partial charge is 0.306 e. The summed E-state index contributed by atoms with van der Waals surface area (Å²) in [5.41, 5.74) is 0. The van der Waals surface area contributed by atoms with Crippen molar-refractivity contribution in [2.75, 3.05) is 0 Å². The summed E-state index contributed by atoms with van der Waals surface area (Å²) in [6, 6.07) is -3.16. The summed E-state index contributed by atoms with van der Waals surface area (Å²) in [5.74, 6) is -2.04. The highest BCUT2D eigenvalue weighted by Gasteiger charge is 2.31. The van der Waals surface area contributed by atoms with Gasteiger partial charge in [0.25, 0.3) is 0 Å². The van der Waals surface area contributed by atoms with Gasteiger partial charge < -0.3 is 41.9 Å². The van der Waals surface area contributed by atoms with Crippen LogP contribution in [0, 0.1) is 23.7 Å². The molecule has 0 saturated carbocycles. The Labute approximate surface area is 314 Å². The minimum Gasteiger partial charge on any atom is -0.481 e. The zero-order valence-electron chi connectivity index (χ0n) is 33.9. The van der Waals surface area contributed by atoms with Crippen molar-refractivity contribution in [3.63, 3.8) is 0 Å². The van der Waals surface area contributed by atoms with Crippen molar-refractivity contribution in [1.29, 1.82) is 0 Å². The van der Waals surface area contributed by atoms with E-state index in [0.29, 0.717) is 31.6 Å². The first-order valence-corrected chi connectivity index (χ1v) is 18.6. The van der Waals surface area contributed by atoms with Crippen LogP contribution in [-0.4, -0.2) is 102 Å². The quantitative estimate of drug-likeness (QED) is 0.0721. The maximum Gasteiger partial charge on any atom is 0.306 e. The number of amides is 5. The Morgan fingerprint density at radius 2 is 1.12 bits per heavy atom. The molecule has 0 fully saturated rings. The van der Waals surface area contributed by atoms with Crippen molar-refractivity contribution in [1.82, 2.24) is 26.6 Å². The number of carboxylic acid groups (broad SMARTS) is 1. The van der Waals surface area contributed by atoms with Crippen molar-refractivity contribution in [2.24, 2.45) is 23.7 Å². The maximum atomic E-state index is 12.9. The first kappa shape index (κ1) is 53.2. The normalized spacial score (nSPS) is 15.1. The Morgan fingerprint density at radius 3 is 1.54 bits per heavy atom. The van der Waals surface area contributed by atoms with Gasteiger partial charge in [-0.3, -0.25) is 28.8 Å². The van der Waals surface area contributed by atoms with E-state index in [1.54, 1.807) is 20.8 Å². The van der Waals surface area contributed by atoms with E-state index in [9.17, 15) is 39.0 Å². The highest BCUT2D eigenvalue weighted by atomic mass is 16.4. The van der Waals surface area contributed by atoms with E-state index in [-0.39, 0.29) is 62.3 Å². The Morgan fingerprint density at radius 1 is 0.596 bits per heavy atom. The van der Waals surface area contributed by atoms with Crippen molar-refractivity contribution in [2.45, 2.75) is 177 Å². The highest BCUT2D eigenvalue weighted by molar-refractivity contribution is 5.92. The summed E-state index contributed by atoms with van der Waals surface area (Å²) in [6.07, 6.45) is 1.63. The fourth-order valence-electron chi connectivity index (χ4n) is 5.10. The van der Waals surface area contributed by atoms with Crippen LogP contribution in [0.4, 0.5) is 0 Å². The SMILES string of the molecule is CCC(=O)N[C@@H](C)C(=O)N[C@@H](CC(C)C)[C@@H](O)CC(=O)O.CCCC[C@H](NC(=O)[C@@H](NC(=O)CC(C)C)C(C)C)C(=O)N[C@@H](CC(C)C)[C@H](C)O.[B]. The van der Waals surface area contributed by atoms with E-state index in [0.717, 1.165) is 12.8 Å². The Balaban J connectivity index is -0.000000962. The molecule has 5 amide bonds. The number of nitrogens with one attached hydrogen (secondary N) is 5. The molecule has 0 heterocycles. The average molecular weight is 741 g/mol. The predicted octanol–water partition coefficient (Wildman–Crippen LogP) is 2.65. The lowest BCUT2D eigenvalue weighted by atomic mass is 9.97. The van der Waals surface area contributed by atoms with Gasteiger partial charge in [0, 0.05) is 21.3 Å². The molecule has 0 unspecified atom stereocenters. The van der Waals surface area contributed by atoms with Gasteiger partial charge in [0.15, 0.2) is 0 Å². The summed E-state index contributed by atoms with van der Waals surface area (Å²) in [7, 11) is 0. The zero-order chi connectivity index (χ0) is 40.0. The zero-order valence-corrected chi connectivity index (χ0v) is 33.9. The first-order valence-electron chi connectivity index (χ1n) is 18.6. The summed E-state index contributed by atoms with van der Waals surface area (Å²) >= 11 is 0. The van der Waals surface area contributed by atoms with Crippen LogP contribution in [-0.2, 0) is 28.8 Å². The molecule has 301 valence electrons. The first-order chi connectivity index (χ1) is 23.5. The topological polar surface area (TPSA) is 223 Å².